The zero-order valence-electron chi connectivity index (χ0n) is 10.0. The van der Waals surface area contributed by atoms with Crippen molar-refractivity contribution < 1.29 is 14.6 Å². The predicted octanol–water partition coefficient (Wildman–Crippen LogP) is 2.31. The van der Waals surface area contributed by atoms with Crippen LogP contribution < -0.4 is 0 Å². The van der Waals surface area contributed by atoms with Crippen LogP contribution >= 0.6 is 0 Å². The van der Waals surface area contributed by atoms with Crippen molar-refractivity contribution in [3.8, 4) is 0 Å². The Morgan fingerprint density at radius 3 is 2.76 bits per heavy atom. The molecule has 1 aliphatic rings. The van der Waals surface area contributed by atoms with E-state index < -0.39 is 0 Å². The van der Waals surface area contributed by atoms with Crippen molar-refractivity contribution in [2.24, 2.45) is 0 Å². The first-order valence-corrected chi connectivity index (χ1v) is 6.29. The molecule has 2 rings (SSSR count). The van der Waals surface area contributed by atoms with Gasteiger partial charge in [0.15, 0.2) is 6.29 Å². The van der Waals surface area contributed by atoms with Gasteiger partial charge in [0.25, 0.3) is 0 Å². The first-order chi connectivity index (χ1) is 8.40. The third-order valence-electron chi connectivity index (χ3n) is 3.11. The first kappa shape index (κ1) is 12.6. The minimum atomic E-state index is -0.0819. The Hall–Kier alpha value is -0.900. The SMILES string of the molecule is OCC(COC1CCCCO1)c1ccccc1. The van der Waals surface area contributed by atoms with Gasteiger partial charge in [0.1, 0.15) is 0 Å². The fourth-order valence-electron chi connectivity index (χ4n) is 2.05. The van der Waals surface area contributed by atoms with Crippen LogP contribution in [0.3, 0.4) is 0 Å². The maximum atomic E-state index is 9.39. The van der Waals surface area contributed by atoms with Crippen LogP contribution in [-0.4, -0.2) is 31.2 Å². The first-order valence-electron chi connectivity index (χ1n) is 6.29. The third-order valence-corrected chi connectivity index (χ3v) is 3.11. The van der Waals surface area contributed by atoms with Gasteiger partial charge < -0.3 is 14.6 Å². The van der Waals surface area contributed by atoms with Crippen LogP contribution in [-0.2, 0) is 9.47 Å². The molecule has 1 aromatic carbocycles. The van der Waals surface area contributed by atoms with Crippen LogP contribution in [0.1, 0.15) is 30.7 Å². The van der Waals surface area contributed by atoms with Gasteiger partial charge in [-0.2, -0.15) is 0 Å². The molecule has 17 heavy (non-hydrogen) atoms. The Morgan fingerprint density at radius 1 is 1.29 bits per heavy atom. The van der Waals surface area contributed by atoms with Crippen molar-refractivity contribution in [2.75, 3.05) is 19.8 Å². The van der Waals surface area contributed by atoms with Crippen LogP contribution in [0.25, 0.3) is 0 Å². The topological polar surface area (TPSA) is 38.7 Å². The molecule has 1 fully saturated rings. The van der Waals surface area contributed by atoms with Gasteiger partial charge in [-0.15, -0.1) is 0 Å². The lowest BCUT2D eigenvalue weighted by Gasteiger charge is -2.25. The summed E-state index contributed by atoms with van der Waals surface area (Å²) in [5.41, 5.74) is 1.12. The molecule has 94 valence electrons. The Bertz CT molecular complexity index is 307. The number of aliphatic hydroxyl groups is 1. The average Bonchev–Trinajstić information content (AvgIpc) is 2.42. The summed E-state index contributed by atoms with van der Waals surface area (Å²) in [6.07, 6.45) is 3.18. The number of hydrogen-bond acceptors (Lipinski definition) is 3. The number of ether oxygens (including phenoxy) is 2. The van der Waals surface area contributed by atoms with E-state index in [2.05, 4.69) is 0 Å². The summed E-state index contributed by atoms with van der Waals surface area (Å²) in [5, 5.41) is 9.39. The Kier molecular flexibility index (Phi) is 4.98. The molecular weight excluding hydrogens is 216 g/mol. The van der Waals surface area contributed by atoms with Crippen molar-refractivity contribution >= 4 is 0 Å². The van der Waals surface area contributed by atoms with Crippen molar-refractivity contribution in [2.45, 2.75) is 31.5 Å². The van der Waals surface area contributed by atoms with E-state index in [1.165, 1.54) is 6.42 Å². The van der Waals surface area contributed by atoms with Crippen molar-refractivity contribution in [1.29, 1.82) is 0 Å². The van der Waals surface area contributed by atoms with E-state index in [9.17, 15) is 5.11 Å². The summed E-state index contributed by atoms with van der Waals surface area (Å²) in [6, 6.07) is 9.98. The van der Waals surface area contributed by atoms with Gasteiger partial charge in [-0.3, -0.25) is 0 Å². The van der Waals surface area contributed by atoms with E-state index in [1.54, 1.807) is 0 Å². The second-order valence-electron chi connectivity index (χ2n) is 4.42. The summed E-state index contributed by atoms with van der Waals surface area (Å²) in [7, 11) is 0. The molecule has 1 aromatic rings. The smallest absolute Gasteiger partial charge is 0.157 e. The summed E-state index contributed by atoms with van der Waals surface area (Å²) < 4.78 is 11.2. The molecule has 1 N–H and O–H groups in total. The summed E-state index contributed by atoms with van der Waals surface area (Å²) in [5.74, 6) is 0.0433. The highest BCUT2D eigenvalue weighted by Gasteiger charge is 2.17. The standard InChI is InChI=1S/C14H20O3/c15-10-13(12-6-2-1-3-7-12)11-17-14-8-4-5-9-16-14/h1-3,6-7,13-15H,4-5,8-11H2. The van der Waals surface area contributed by atoms with Gasteiger partial charge in [0, 0.05) is 12.5 Å². The molecule has 3 heteroatoms. The second kappa shape index (κ2) is 6.74. The molecule has 2 unspecified atom stereocenters. The zero-order chi connectivity index (χ0) is 11.9. The summed E-state index contributed by atoms with van der Waals surface area (Å²) >= 11 is 0. The molecule has 1 aliphatic heterocycles. The molecule has 0 saturated carbocycles. The van der Waals surface area contributed by atoms with E-state index >= 15 is 0 Å². The molecule has 0 bridgehead atoms. The number of aliphatic hydroxyl groups excluding tert-OH is 1. The minimum absolute atomic E-state index is 0.0433. The molecule has 1 heterocycles. The molecule has 2 atom stereocenters. The highest BCUT2D eigenvalue weighted by molar-refractivity contribution is 5.19. The van der Waals surface area contributed by atoms with Crippen molar-refractivity contribution in [3.05, 3.63) is 35.9 Å². The Morgan fingerprint density at radius 2 is 2.12 bits per heavy atom. The summed E-state index contributed by atoms with van der Waals surface area (Å²) in [6.45, 7) is 1.42. The van der Waals surface area contributed by atoms with Crippen LogP contribution in [0, 0.1) is 0 Å². The predicted molar refractivity (Wildman–Crippen MR) is 65.8 cm³/mol. The van der Waals surface area contributed by atoms with Gasteiger partial charge in [0.05, 0.1) is 13.2 Å². The number of rotatable bonds is 5. The van der Waals surface area contributed by atoms with Crippen LogP contribution in [0.15, 0.2) is 30.3 Å². The highest BCUT2D eigenvalue weighted by atomic mass is 16.7. The van der Waals surface area contributed by atoms with E-state index in [1.807, 2.05) is 30.3 Å². The van der Waals surface area contributed by atoms with Gasteiger partial charge in [-0.05, 0) is 24.8 Å². The normalized spacial score (nSPS) is 22.3. The van der Waals surface area contributed by atoms with Gasteiger partial charge in [0.2, 0.25) is 0 Å². The van der Waals surface area contributed by atoms with Crippen molar-refractivity contribution in [3.63, 3.8) is 0 Å². The van der Waals surface area contributed by atoms with Gasteiger partial charge in [-0.25, -0.2) is 0 Å². The monoisotopic (exact) mass is 236 g/mol. The lowest BCUT2D eigenvalue weighted by molar-refractivity contribution is -0.166. The minimum Gasteiger partial charge on any atom is -0.396 e. The largest absolute Gasteiger partial charge is 0.396 e. The van der Waals surface area contributed by atoms with Crippen molar-refractivity contribution in [1.82, 2.24) is 0 Å². The Labute approximate surface area is 102 Å². The number of hydrogen-bond donors (Lipinski definition) is 1. The molecule has 0 spiro atoms. The molecule has 0 aliphatic carbocycles. The van der Waals surface area contributed by atoms with E-state index in [0.29, 0.717) is 6.61 Å². The van der Waals surface area contributed by atoms with Crippen LogP contribution in [0.2, 0.25) is 0 Å². The summed E-state index contributed by atoms with van der Waals surface area (Å²) in [4.78, 5) is 0. The number of benzene rings is 1. The second-order valence-corrected chi connectivity index (χ2v) is 4.42. The maximum Gasteiger partial charge on any atom is 0.157 e. The third kappa shape index (κ3) is 3.80. The zero-order valence-corrected chi connectivity index (χ0v) is 10.0. The van der Waals surface area contributed by atoms with Crippen LogP contribution in [0.5, 0.6) is 0 Å². The average molecular weight is 236 g/mol. The van der Waals surface area contributed by atoms with Gasteiger partial charge >= 0.3 is 0 Å². The lowest BCUT2D eigenvalue weighted by atomic mass is 10.0. The van der Waals surface area contributed by atoms with E-state index in [4.69, 9.17) is 9.47 Å². The Balaban J connectivity index is 1.83. The molecule has 0 radical (unpaired) electrons. The fraction of sp³-hybridized carbons (Fsp3) is 0.571. The maximum absolute atomic E-state index is 9.39. The van der Waals surface area contributed by atoms with E-state index in [0.717, 1.165) is 25.0 Å². The quantitative estimate of drug-likeness (QED) is 0.852. The molecule has 1 saturated heterocycles. The van der Waals surface area contributed by atoms with E-state index in [-0.39, 0.29) is 18.8 Å². The highest BCUT2D eigenvalue weighted by Crippen LogP contribution is 2.19. The van der Waals surface area contributed by atoms with Gasteiger partial charge in [-0.1, -0.05) is 30.3 Å². The fourth-order valence-corrected chi connectivity index (χ4v) is 2.05. The lowest BCUT2D eigenvalue weighted by Crippen LogP contribution is -2.25. The molecule has 3 nitrogen and oxygen atoms in total. The molecule has 0 aromatic heterocycles. The molecule has 0 amide bonds. The van der Waals surface area contributed by atoms with Crippen LogP contribution in [0.4, 0.5) is 0 Å². The molecular formula is C14H20O3.